The maximum absolute atomic E-state index is 12.3. The highest BCUT2D eigenvalue weighted by atomic mass is 16.5. The van der Waals surface area contributed by atoms with Crippen LogP contribution in [0.3, 0.4) is 0 Å². The first-order chi connectivity index (χ1) is 14.7. The van der Waals surface area contributed by atoms with E-state index in [1.807, 2.05) is 6.07 Å². The Morgan fingerprint density at radius 3 is 2.93 bits per heavy atom. The number of anilines is 1. The zero-order valence-corrected chi connectivity index (χ0v) is 16.1. The van der Waals surface area contributed by atoms with Crippen molar-refractivity contribution >= 4 is 34.7 Å². The minimum Gasteiger partial charge on any atom is -0.465 e. The van der Waals surface area contributed by atoms with Crippen molar-refractivity contribution in [2.24, 2.45) is 0 Å². The average Bonchev–Trinajstić information content (AvgIpc) is 3.42. The Morgan fingerprint density at radius 2 is 2.13 bits per heavy atom. The number of hydrogen-bond donors (Lipinski definition) is 2. The van der Waals surface area contributed by atoms with E-state index in [1.165, 1.54) is 18.7 Å². The monoisotopic (exact) mass is 402 g/mol. The minimum absolute atomic E-state index is 0.265. The lowest BCUT2D eigenvalue weighted by molar-refractivity contribution is -0.111. The third-order valence-corrected chi connectivity index (χ3v) is 4.31. The number of nitrogens with one attached hydrogen (secondary N) is 2. The number of amides is 1. The van der Waals surface area contributed by atoms with Gasteiger partial charge in [0.15, 0.2) is 0 Å². The molecule has 8 heteroatoms. The number of benzene rings is 1. The Labute approximate surface area is 171 Å². The number of aromatic nitrogens is 3. The summed E-state index contributed by atoms with van der Waals surface area (Å²) in [5, 5.41) is 3.37. The van der Waals surface area contributed by atoms with Crippen LogP contribution in [0.15, 0.2) is 65.7 Å². The van der Waals surface area contributed by atoms with Crippen molar-refractivity contribution < 1.29 is 18.7 Å². The highest BCUT2D eigenvalue weighted by molar-refractivity contribution is 6.08. The Balaban J connectivity index is 1.64. The molecule has 0 unspecified atom stereocenters. The molecule has 1 amide bonds. The highest BCUT2D eigenvalue weighted by Gasteiger charge is 2.19. The molecule has 2 N–H and O–H groups in total. The van der Waals surface area contributed by atoms with Crippen molar-refractivity contribution in [1.29, 1.82) is 0 Å². The quantitative estimate of drug-likeness (QED) is 0.372. The van der Waals surface area contributed by atoms with E-state index in [9.17, 15) is 9.59 Å². The standard InChI is InChI=1S/C22H18N4O4/c1-2-29-22(28)17-12-23-21-19(17)20(24-13-25-21)14-5-3-6-15(11-14)26-18(27)9-8-16-7-4-10-30-16/h3-13H,2H2,1H3,(H,26,27)(H,23,24,25)/b9-8+. The molecule has 0 aliphatic rings. The fourth-order valence-electron chi connectivity index (χ4n) is 3.02. The van der Waals surface area contributed by atoms with E-state index in [4.69, 9.17) is 9.15 Å². The van der Waals surface area contributed by atoms with Gasteiger partial charge in [-0.3, -0.25) is 4.79 Å². The van der Waals surface area contributed by atoms with Gasteiger partial charge in [0.2, 0.25) is 5.91 Å². The Hall–Kier alpha value is -4.20. The Morgan fingerprint density at radius 1 is 1.23 bits per heavy atom. The van der Waals surface area contributed by atoms with Gasteiger partial charge in [0.1, 0.15) is 17.7 Å². The number of H-pyrrole nitrogens is 1. The van der Waals surface area contributed by atoms with Crippen molar-refractivity contribution in [2.45, 2.75) is 6.92 Å². The number of rotatable bonds is 6. The number of nitrogens with zero attached hydrogens (tertiary/aromatic N) is 2. The summed E-state index contributed by atoms with van der Waals surface area (Å²) in [6.45, 7) is 2.01. The molecule has 0 fully saturated rings. The topological polar surface area (TPSA) is 110 Å². The molecule has 0 aliphatic heterocycles. The van der Waals surface area contributed by atoms with E-state index in [0.29, 0.717) is 33.7 Å². The van der Waals surface area contributed by atoms with Gasteiger partial charge in [-0.05, 0) is 37.3 Å². The van der Waals surface area contributed by atoms with Gasteiger partial charge in [0.25, 0.3) is 0 Å². The molecule has 30 heavy (non-hydrogen) atoms. The predicted molar refractivity (Wildman–Crippen MR) is 112 cm³/mol. The number of carbonyl (C=O) groups excluding carboxylic acids is 2. The van der Waals surface area contributed by atoms with Crippen LogP contribution in [0.5, 0.6) is 0 Å². The molecule has 0 radical (unpaired) electrons. The summed E-state index contributed by atoms with van der Waals surface area (Å²) >= 11 is 0. The molecule has 1 aromatic carbocycles. The third-order valence-electron chi connectivity index (χ3n) is 4.31. The normalized spacial score (nSPS) is 11.1. The molecule has 150 valence electrons. The van der Waals surface area contributed by atoms with Gasteiger partial charge in [-0.15, -0.1) is 0 Å². The van der Waals surface area contributed by atoms with Crippen LogP contribution in [0.2, 0.25) is 0 Å². The second-order valence-corrected chi connectivity index (χ2v) is 6.29. The maximum Gasteiger partial charge on any atom is 0.340 e. The lowest BCUT2D eigenvalue weighted by Crippen LogP contribution is -2.07. The lowest BCUT2D eigenvalue weighted by Gasteiger charge is -2.08. The second-order valence-electron chi connectivity index (χ2n) is 6.29. The van der Waals surface area contributed by atoms with Crippen molar-refractivity contribution in [3.8, 4) is 11.3 Å². The first kappa shape index (κ1) is 19.1. The van der Waals surface area contributed by atoms with E-state index in [0.717, 1.165) is 5.56 Å². The number of ether oxygens (including phenoxy) is 1. The lowest BCUT2D eigenvalue weighted by atomic mass is 10.1. The van der Waals surface area contributed by atoms with E-state index >= 15 is 0 Å². The number of esters is 1. The average molecular weight is 402 g/mol. The van der Waals surface area contributed by atoms with Gasteiger partial charge in [-0.2, -0.15) is 0 Å². The van der Waals surface area contributed by atoms with Gasteiger partial charge >= 0.3 is 5.97 Å². The molecule has 4 aromatic rings. The summed E-state index contributed by atoms with van der Waals surface area (Å²) in [6, 6.07) is 10.7. The zero-order chi connectivity index (χ0) is 20.9. The Kier molecular flexibility index (Phi) is 5.38. The fourth-order valence-corrected chi connectivity index (χ4v) is 3.02. The summed E-state index contributed by atoms with van der Waals surface area (Å²) in [4.78, 5) is 36.1. The van der Waals surface area contributed by atoms with E-state index in [2.05, 4.69) is 20.3 Å². The van der Waals surface area contributed by atoms with Gasteiger partial charge in [0.05, 0.1) is 29.5 Å². The van der Waals surface area contributed by atoms with Crippen LogP contribution in [0, 0.1) is 0 Å². The van der Waals surface area contributed by atoms with E-state index in [1.54, 1.807) is 49.5 Å². The zero-order valence-electron chi connectivity index (χ0n) is 16.1. The van der Waals surface area contributed by atoms with Crippen LogP contribution in [-0.4, -0.2) is 33.4 Å². The number of furan rings is 1. The number of fused-ring (bicyclic) bond motifs is 1. The molecule has 0 saturated carbocycles. The minimum atomic E-state index is -0.452. The van der Waals surface area contributed by atoms with Gasteiger partial charge in [0, 0.05) is 23.5 Å². The predicted octanol–water partition coefficient (Wildman–Crippen LogP) is 4.05. The SMILES string of the molecule is CCOC(=O)c1c[nH]c2ncnc(-c3cccc(NC(=O)/C=C/c4ccco4)c3)c12. The van der Waals surface area contributed by atoms with Crippen LogP contribution in [0.25, 0.3) is 28.4 Å². The molecule has 4 rings (SSSR count). The molecule has 0 saturated heterocycles. The van der Waals surface area contributed by atoms with Crippen molar-refractivity contribution in [2.75, 3.05) is 11.9 Å². The number of hydrogen-bond acceptors (Lipinski definition) is 6. The summed E-state index contributed by atoms with van der Waals surface area (Å²) in [5.74, 6) is -0.168. The van der Waals surface area contributed by atoms with Gasteiger partial charge in [-0.1, -0.05) is 12.1 Å². The maximum atomic E-state index is 12.3. The number of carbonyl (C=O) groups is 2. The molecule has 8 nitrogen and oxygen atoms in total. The van der Waals surface area contributed by atoms with Crippen LogP contribution < -0.4 is 5.32 Å². The van der Waals surface area contributed by atoms with Crippen LogP contribution in [-0.2, 0) is 9.53 Å². The van der Waals surface area contributed by atoms with Crippen molar-refractivity contribution in [3.63, 3.8) is 0 Å². The first-order valence-electron chi connectivity index (χ1n) is 9.28. The highest BCUT2D eigenvalue weighted by Crippen LogP contribution is 2.30. The summed E-state index contributed by atoms with van der Waals surface area (Å²) in [7, 11) is 0. The molecule has 3 aromatic heterocycles. The fraction of sp³-hybridized carbons (Fsp3) is 0.0909. The van der Waals surface area contributed by atoms with Crippen molar-refractivity contribution in [1.82, 2.24) is 15.0 Å². The molecule has 0 atom stereocenters. The molecule has 0 aliphatic carbocycles. The smallest absolute Gasteiger partial charge is 0.340 e. The van der Waals surface area contributed by atoms with Gasteiger partial charge in [-0.25, -0.2) is 14.8 Å². The van der Waals surface area contributed by atoms with E-state index < -0.39 is 5.97 Å². The summed E-state index contributed by atoms with van der Waals surface area (Å²) in [5.41, 5.74) is 2.76. The molecular weight excluding hydrogens is 384 g/mol. The van der Waals surface area contributed by atoms with Gasteiger partial charge < -0.3 is 19.5 Å². The number of aromatic amines is 1. The van der Waals surface area contributed by atoms with Crippen LogP contribution in [0.4, 0.5) is 5.69 Å². The Bertz CT molecular complexity index is 1230. The summed E-state index contributed by atoms with van der Waals surface area (Å²) in [6.07, 6.45) is 7.49. The first-order valence-corrected chi connectivity index (χ1v) is 9.28. The largest absolute Gasteiger partial charge is 0.465 e. The molecular formula is C22H18N4O4. The summed E-state index contributed by atoms with van der Waals surface area (Å²) < 4.78 is 10.3. The molecule has 3 heterocycles. The second kappa shape index (κ2) is 8.44. The van der Waals surface area contributed by atoms with Crippen molar-refractivity contribution in [3.05, 3.63) is 72.6 Å². The van der Waals surface area contributed by atoms with Crippen LogP contribution in [0.1, 0.15) is 23.0 Å². The molecule has 0 spiro atoms. The third kappa shape index (κ3) is 3.97. The van der Waals surface area contributed by atoms with Crippen LogP contribution >= 0.6 is 0 Å². The van der Waals surface area contributed by atoms with E-state index in [-0.39, 0.29) is 12.5 Å². The molecule has 0 bridgehead atoms.